The number of hydrogen-bond donors (Lipinski definition) is 2. The highest BCUT2D eigenvalue weighted by Crippen LogP contribution is 2.25. The van der Waals surface area contributed by atoms with Crippen LogP contribution in [0.2, 0.25) is 0 Å². The summed E-state index contributed by atoms with van der Waals surface area (Å²) in [4.78, 5) is 19.6. The number of aromatic carboxylic acids is 1. The smallest absolute Gasteiger partial charge is 0.339 e. The van der Waals surface area contributed by atoms with E-state index in [1.165, 1.54) is 13.2 Å². The van der Waals surface area contributed by atoms with Gasteiger partial charge in [-0.05, 0) is 26.0 Å². The number of anilines is 2. The summed E-state index contributed by atoms with van der Waals surface area (Å²) in [6.07, 6.45) is 1.62. The fraction of sp³-hybridized carbons (Fsp3) is 0.214. The second kappa shape index (κ2) is 5.56. The lowest BCUT2D eigenvalue weighted by Gasteiger charge is -2.10. The number of rotatable bonds is 4. The van der Waals surface area contributed by atoms with Crippen molar-refractivity contribution in [2.24, 2.45) is 0 Å². The van der Waals surface area contributed by atoms with E-state index in [2.05, 4.69) is 15.3 Å². The molecule has 1 aromatic carbocycles. The highest BCUT2D eigenvalue weighted by molar-refractivity contribution is 5.91. The van der Waals surface area contributed by atoms with Gasteiger partial charge in [0.2, 0.25) is 0 Å². The summed E-state index contributed by atoms with van der Waals surface area (Å²) in [6, 6.07) is 4.75. The van der Waals surface area contributed by atoms with Gasteiger partial charge < -0.3 is 15.2 Å². The summed E-state index contributed by atoms with van der Waals surface area (Å²) in [5.41, 5.74) is 2.51. The van der Waals surface area contributed by atoms with Crippen LogP contribution < -0.4 is 10.1 Å². The molecule has 6 nitrogen and oxygen atoms in total. The molecule has 0 radical (unpaired) electrons. The molecule has 0 aliphatic heterocycles. The van der Waals surface area contributed by atoms with Gasteiger partial charge in [-0.25, -0.2) is 9.78 Å². The van der Waals surface area contributed by atoms with Crippen LogP contribution in [0.3, 0.4) is 0 Å². The summed E-state index contributed by atoms with van der Waals surface area (Å²) in [7, 11) is 1.43. The molecule has 0 bridgehead atoms. The lowest BCUT2D eigenvalue weighted by Crippen LogP contribution is -2.02. The second-order valence-electron chi connectivity index (χ2n) is 4.27. The van der Waals surface area contributed by atoms with Gasteiger partial charge in [-0.2, -0.15) is 0 Å². The Morgan fingerprint density at radius 3 is 2.65 bits per heavy atom. The summed E-state index contributed by atoms with van der Waals surface area (Å²) < 4.78 is 5.07. The monoisotopic (exact) mass is 273 g/mol. The van der Waals surface area contributed by atoms with Crippen LogP contribution in [0, 0.1) is 13.8 Å². The average molecular weight is 273 g/mol. The van der Waals surface area contributed by atoms with E-state index in [-0.39, 0.29) is 5.56 Å². The number of aromatic nitrogens is 2. The van der Waals surface area contributed by atoms with Crippen LogP contribution in [0.5, 0.6) is 5.75 Å². The zero-order chi connectivity index (χ0) is 14.7. The molecule has 2 N–H and O–H groups in total. The van der Waals surface area contributed by atoms with Gasteiger partial charge in [0, 0.05) is 11.8 Å². The summed E-state index contributed by atoms with van der Waals surface area (Å²) >= 11 is 0. The number of methoxy groups -OCH3 is 1. The molecule has 1 heterocycles. The number of nitrogens with zero attached hydrogens (tertiary/aromatic N) is 2. The number of nitrogens with one attached hydrogen (secondary N) is 1. The third-order valence-corrected chi connectivity index (χ3v) is 2.90. The average Bonchev–Trinajstić information content (AvgIpc) is 2.42. The highest BCUT2D eigenvalue weighted by Gasteiger charge is 2.11. The molecule has 0 fully saturated rings. The number of benzene rings is 1. The molecule has 2 rings (SSSR count). The molecule has 20 heavy (non-hydrogen) atoms. The predicted octanol–water partition coefficient (Wildman–Crippen LogP) is 2.54. The van der Waals surface area contributed by atoms with Crippen LogP contribution in [-0.4, -0.2) is 28.2 Å². The maximum Gasteiger partial charge on any atom is 0.339 e. The molecule has 0 saturated carbocycles. The van der Waals surface area contributed by atoms with E-state index in [0.717, 1.165) is 11.4 Å². The van der Waals surface area contributed by atoms with E-state index >= 15 is 0 Å². The van der Waals surface area contributed by atoms with Gasteiger partial charge in [-0.3, -0.25) is 4.98 Å². The first-order chi connectivity index (χ1) is 9.51. The zero-order valence-corrected chi connectivity index (χ0v) is 11.5. The summed E-state index contributed by atoms with van der Waals surface area (Å²) in [5, 5.41) is 12.1. The van der Waals surface area contributed by atoms with Gasteiger partial charge >= 0.3 is 5.97 Å². The Bertz CT molecular complexity index is 656. The molecule has 6 heteroatoms. The lowest BCUT2D eigenvalue weighted by atomic mass is 10.2. The predicted molar refractivity (Wildman–Crippen MR) is 74.7 cm³/mol. The number of ether oxygens (including phenoxy) is 1. The minimum Gasteiger partial charge on any atom is -0.496 e. The van der Waals surface area contributed by atoms with Crippen LogP contribution in [0.1, 0.15) is 21.7 Å². The molecular formula is C14H15N3O3. The molecular weight excluding hydrogens is 258 g/mol. The molecule has 0 spiro atoms. The van der Waals surface area contributed by atoms with E-state index in [1.54, 1.807) is 18.3 Å². The van der Waals surface area contributed by atoms with Gasteiger partial charge in [0.05, 0.1) is 24.7 Å². The Kier molecular flexibility index (Phi) is 3.84. The molecule has 1 aromatic heterocycles. The van der Waals surface area contributed by atoms with Crippen molar-refractivity contribution in [3.63, 3.8) is 0 Å². The molecule has 0 saturated heterocycles. The number of carboxylic acid groups (broad SMARTS) is 1. The van der Waals surface area contributed by atoms with Gasteiger partial charge in [-0.15, -0.1) is 0 Å². The molecule has 0 unspecified atom stereocenters. The quantitative estimate of drug-likeness (QED) is 0.890. The first kappa shape index (κ1) is 13.8. The van der Waals surface area contributed by atoms with Crippen LogP contribution in [0.25, 0.3) is 0 Å². The zero-order valence-electron chi connectivity index (χ0n) is 11.5. The number of aryl methyl sites for hydroxylation is 2. The number of carboxylic acids is 1. The SMILES string of the molecule is COc1cc(Nc2cnc(C)c(C)n2)ccc1C(=O)O. The van der Waals surface area contributed by atoms with Crippen molar-refractivity contribution < 1.29 is 14.6 Å². The topological polar surface area (TPSA) is 84.3 Å². The van der Waals surface area contributed by atoms with Gasteiger partial charge in [0.25, 0.3) is 0 Å². The minimum atomic E-state index is -1.03. The summed E-state index contributed by atoms with van der Waals surface area (Å²) in [5.74, 6) is -0.142. The minimum absolute atomic E-state index is 0.115. The molecule has 2 aromatic rings. The molecule has 104 valence electrons. The largest absolute Gasteiger partial charge is 0.496 e. The fourth-order valence-electron chi connectivity index (χ4n) is 1.70. The van der Waals surface area contributed by atoms with E-state index < -0.39 is 5.97 Å². The van der Waals surface area contributed by atoms with Crippen molar-refractivity contribution in [2.45, 2.75) is 13.8 Å². The second-order valence-corrected chi connectivity index (χ2v) is 4.27. The first-order valence-electron chi connectivity index (χ1n) is 6.00. The maximum absolute atomic E-state index is 11.0. The van der Waals surface area contributed by atoms with Gasteiger partial charge in [-0.1, -0.05) is 0 Å². The van der Waals surface area contributed by atoms with Crippen LogP contribution in [-0.2, 0) is 0 Å². The standard InChI is InChI=1S/C14H15N3O3/c1-8-9(2)16-13(7-15-8)17-10-4-5-11(14(18)19)12(6-10)20-3/h4-7H,1-3H3,(H,16,17)(H,18,19). The van der Waals surface area contributed by atoms with Crippen molar-refractivity contribution in [1.82, 2.24) is 9.97 Å². The van der Waals surface area contributed by atoms with Crippen LogP contribution in [0.4, 0.5) is 11.5 Å². The number of carbonyl (C=O) groups is 1. The third kappa shape index (κ3) is 2.85. The van der Waals surface area contributed by atoms with Crippen LogP contribution in [0.15, 0.2) is 24.4 Å². The Balaban J connectivity index is 2.29. The Hall–Kier alpha value is -2.63. The normalized spacial score (nSPS) is 10.2. The van der Waals surface area contributed by atoms with Crippen molar-refractivity contribution in [1.29, 1.82) is 0 Å². The molecule has 0 atom stereocenters. The van der Waals surface area contributed by atoms with Crippen molar-refractivity contribution in [3.8, 4) is 5.75 Å². The highest BCUT2D eigenvalue weighted by atomic mass is 16.5. The van der Waals surface area contributed by atoms with E-state index in [9.17, 15) is 4.79 Å². The van der Waals surface area contributed by atoms with Crippen molar-refractivity contribution in [3.05, 3.63) is 41.3 Å². The van der Waals surface area contributed by atoms with Crippen molar-refractivity contribution >= 4 is 17.5 Å². The fourth-order valence-corrected chi connectivity index (χ4v) is 1.70. The van der Waals surface area contributed by atoms with Crippen LogP contribution >= 0.6 is 0 Å². The van der Waals surface area contributed by atoms with E-state index in [0.29, 0.717) is 17.3 Å². The maximum atomic E-state index is 11.0. The van der Waals surface area contributed by atoms with E-state index in [4.69, 9.17) is 9.84 Å². The lowest BCUT2D eigenvalue weighted by molar-refractivity contribution is 0.0693. The van der Waals surface area contributed by atoms with Crippen molar-refractivity contribution in [2.75, 3.05) is 12.4 Å². The molecule has 0 amide bonds. The molecule has 0 aliphatic rings. The third-order valence-electron chi connectivity index (χ3n) is 2.90. The molecule has 0 aliphatic carbocycles. The van der Waals surface area contributed by atoms with Gasteiger partial charge in [0.1, 0.15) is 17.1 Å². The Morgan fingerprint density at radius 2 is 2.05 bits per heavy atom. The number of hydrogen-bond acceptors (Lipinski definition) is 5. The van der Waals surface area contributed by atoms with Gasteiger partial charge in [0.15, 0.2) is 0 Å². The van der Waals surface area contributed by atoms with E-state index in [1.807, 2.05) is 13.8 Å². The first-order valence-corrected chi connectivity index (χ1v) is 6.00. The Labute approximate surface area is 116 Å². The Morgan fingerprint density at radius 1 is 1.30 bits per heavy atom. The summed E-state index contributed by atoms with van der Waals surface area (Å²) in [6.45, 7) is 3.76.